The van der Waals surface area contributed by atoms with Gasteiger partial charge in [0.2, 0.25) is 0 Å². The fraction of sp³-hybridized carbons (Fsp3) is 0.121. The maximum atomic E-state index is 13.3. The zero-order chi connectivity index (χ0) is 30.3. The molecule has 2 N–H and O–H groups in total. The molecule has 0 aliphatic carbocycles. The second-order valence-corrected chi connectivity index (χ2v) is 9.82. The molecule has 0 fully saturated rings. The summed E-state index contributed by atoms with van der Waals surface area (Å²) < 4.78 is 16.4. The predicted octanol–water partition coefficient (Wildman–Crippen LogP) is 5.90. The Morgan fingerprint density at radius 2 is 1.51 bits per heavy atom. The van der Waals surface area contributed by atoms with Crippen molar-refractivity contribution in [1.82, 2.24) is 5.32 Å². The van der Waals surface area contributed by atoms with Gasteiger partial charge < -0.3 is 24.8 Å². The van der Waals surface area contributed by atoms with E-state index in [9.17, 15) is 14.4 Å². The van der Waals surface area contributed by atoms with E-state index >= 15 is 0 Å². The first kappa shape index (κ1) is 29.2. The number of carbonyl (C=O) groups excluding carboxylic acids is 3. The van der Waals surface area contributed by atoms with Gasteiger partial charge in [-0.3, -0.25) is 14.4 Å². The molecule has 218 valence electrons. The Bertz CT molecular complexity index is 1690. The summed E-state index contributed by atoms with van der Waals surface area (Å²) in [6.45, 7) is 0.389. The van der Waals surface area contributed by atoms with Crippen molar-refractivity contribution in [2.75, 3.05) is 31.0 Å². The van der Waals surface area contributed by atoms with Gasteiger partial charge in [0.05, 0.1) is 19.9 Å². The SMILES string of the molecule is COc1ccc(CCNC(=O)c2cccc(NC3=C(Cl)C(=O)N(c4ccc(Oc5ccccc5)cc4)C3=O)c2)cc1OC. The van der Waals surface area contributed by atoms with Crippen LogP contribution in [0.2, 0.25) is 0 Å². The van der Waals surface area contributed by atoms with Crippen molar-refractivity contribution in [3.63, 3.8) is 0 Å². The third kappa shape index (κ3) is 6.63. The Morgan fingerprint density at radius 1 is 0.791 bits per heavy atom. The quantitative estimate of drug-likeness (QED) is 0.207. The Morgan fingerprint density at radius 3 is 2.23 bits per heavy atom. The largest absolute Gasteiger partial charge is 0.493 e. The highest BCUT2D eigenvalue weighted by atomic mass is 35.5. The van der Waals surface area contributed by atoms with E-state index in [0.717, 1.165) is 10.5 Å². The van der Waals surface area contributed by atoms with E-state index in [4.69, 9.17) is 25.8 Å². The van der Waals surface area contributed by atoms with Crippen LogP contribution in [0.5, 0.6) is 23.0 Å². The molecule has 3 amide bonds. The number of imide groups is 1. The second-order valence-electron chi connectivity index (χ2n) is 9.44. The zero-order valence-corrected chi connectivity index (χ0v) is 24.2. The lowest BCUT2D eigenvalue weighted by Gasteiger charge is -2.16. The molecule has 43 heavy (non-hydrogen) atoms. The van der Waals surface area contributed by atoms with Crippen molar-refractivity contribution in [3.8, 4) is 23.0 Å². The zero-order valence-electron chi connectivity index (χ0n) is 23.4. The van der Waals surface area contributed by atoms with Gasteiger partial charge in [0, 0.05) is 17.8 Å². The van der Waals surface area contributed by atoms with E-state index < -0.39 is 11.8 Å². The number of carbonyl (C=O) groups is 3. The Kier molecular flexibility index (Phi) is 8.93. The number of benzene rings is 4. The average molecular weight is 598 g/mol. The summed E-state index contributed by atoms with van der Waals surface area (Å²) in [5.74, 6) is 0.889. The van der Waals surface area contributed by atoms with Crippen LogP contribution in [0.4, 0.5) is 11.4 Å². The van der Waals surface area contributed by atoms with Gasteiger partial charge in [0.1, 0.15) is 22.2 Å². The lowest BCUT2D eigenvalue weighted by Crippen LogP contribution is -2.32. The molecule has 5 rings (SSSR count). The Hall–Kier alpha value is -5.28. The topological polar surface area (TPSA) is 106 Å². The fourth-order valence-corrected chi connectivity index (χ4v) is 4.69. The molecule has 1 heterocycles. The van der Waals surface area contributed by atoms with E-state index in [1.165, 1.54) is 0 Å². The van der Waals surface area contributed by atoms with Crippen LogP contribution in [0.1, 0.15) is 15.9 Å². The van der Waals surface area contributed by atoms with Gasteiger partial charge in [-0.25, -0.2) is 4.90 Å². The summed E-state index contributed by atoms with van der Waals surface area (Å²) in [4.78, 5) is 40.0. The predicted molar refractivity (Wildman–Crippen MR) is 164 cm³/mol. The molecule has 0 bridgehead atoms. The lowest BCUT2D eigenvalue weighted by molar-refractivity contribution is -0.120. The van der Waals surface area contributed by atoms with E-state index in [-0.39, 0.29) is 16.6 Å². The minimum atomic E-state index is -0.657. The van der Waals surface area contributed by atoms with Crippen molar-refractivity contribution in [2.24, 2.45) is 0 Å². The second kappa shape index (κ2) is 13.1. The molecular weight excluding hydrogens is 570 g/mol. The average Bonchev–Trinajstić information content (AvgIpc) is 3.24. The molecule has 1 aliphatic heterocycles. The summed E-state index contributed by atoms with van der Waals surface area (Å²) in [5, 5.41) is 5.56. The number of anilines is 2. The van der Waals surface area contributed by atoms with Gasteiger partial charge in [-0.15, -0.1) is 0 Å². The van der Waals surface area contributed by atoms with Crippen LogP contribution < -0.4 is 29.7 Å². The summed E-state index contributed by atoms with van der Waals surface area (Å²) in [7, 11) is 3.14. The van der Waals surface area contributed by atoms with Crippen LogP contribution in [-0.4, -0.2) is 38.5 Å². The van der Waals surface area contributed by atoms with E-state index in [1.54, 1.807) is 62.8 Å². The fourth-order valence-electron chi connectivity index (χ4n) is 4.47. The van der Waals surface area contributed by atoms with Gasteiger partial charge in [-0.1, -0.05) is 41.9 Å². The van der Waals surface area contributed by atoms with Crippen LogP contribution in [0, 0.1) is 0 Å². The molecule has 0 aromatic heterocycles. The number of nitrogens with one attached hydrogen (secondary N) is 2. The standard InChI is InChI=1S/C33H28ClN3O6/c1-41-27-16-11-21(19-28(27)42-2)17-18-35-31(38)22-7-6-8-23(20-22)36-30-29(34)32(39)37(33(30)40)24-12-14-26(15-13-24)43-25-9-4-3-5-10-25/h3-16,19-20,36H,17-18H2,1-2H3,(H,35,38). The van der Waals surface area contributed by atoms with Gasteiger partial charge in [-0.05, 0) is 78.7 Å². The van der Waals surface area contributed by atoms with Crippen LogP contribution in [0.25, 0.3) is 0 Å². The highest BCUT2D eigenvalue weighted by Crippen LogP contribution is 2.32. The number of ether oxygens (including phenoxy) is 3. The summed E-state index contributed by atoms with van der Waals surface area (Å²) in [6.07, 6.45) is 0.582. The maximum Gasteiger partial charge on any atom is 0.283 e. The molecular formula is C33H28ClN3O6. The number of halogens is 1. The third-order valence-electron chi connectivity index (χ3n) is 6.64. The monoisotopic (exact) mass is 597 g/mol. The normalized spacial score (nSPS) is 12.8. The number of rotatable bonds is 11. The van der Waals surface area contributed by atoms with Crippen LogP contribution >= 0.6 is 11.6 Å². The van der Waals surface area contributed by atoms with Gasteiger partial charge in [-0.2, -0.15) is 0 Å². The van der Waals surface area contributed by atoms with Crippen molar-refractivity contribution in [3.05, 3.63) is 119 Å². The molecule has 9 nitrogen and oxygen atoms in total. The van der Waals surface area contributed by atoms with Gasteiger partial charge in [0.15, 0.2) is 11.5 Å². The summed E-state index contributed by atoms with van der Waals surface area (Å²) in [5.41, 5.74) is 2.03. The molecule has 0 spiro atoms. The number of hydrogen-bond donors (Lipinski definition) is 2. The molecule has 0 unspecified atom stereocenters. The molecule has 4 aromatic carbocycles. The van der Waals surface area contributed by atoms with Crippen LogP contribution in [-0.2, 0) is 16.0 Å². The molecule has 10 heteroatoms. The highest BCUT2D eigenvalue weighted by molar-refractivity contribution is 6.53. The minimum Gasteiger partial charge on any atom is -0.493 e. The Labute approximate surface area is 253 Å². The van der Waals surface area contributed by atoms with Crippen molar-refractivity contribution in [1.29, 1.82) is 0 Å². The first-order valence-electron chi connectivity index (χ1n) is 13.4. The highest BCUT2D eigenvalue weighted by Gasteiger charge is 2.39. The summed E-state index contributed by atoms with van der Waals surface area (Å²) >= 11 is 6.31. The van der Waals surface area contributed by atoms with Crippen molar-refractivity contribution >= 4 is 40.7 Å². The number of amides is 3. The van der Waals surface area contributed by atoms with Crippen LogP contribution in [0.15, 0.2) is 108 Å². The first-order valence-corrected chi connectivity index (χ1v) is 13.7. The summed E-state index contributed by atoms with van der Waals surface area (Å²) in [6, 6.07) is 28.0. The Balaban J connectivity index is 1.21. The number of hydrogen-bond acceptors (Lipinski definition) is 7. The molecule has 0 saturated heterocycles. The molecule has 0 saturated carbocycles. The maximum absolute atomic E-state index is 13.3. The van der Waals surface area contributed by atoms with Gasteiger partial charge >= 0.3 is 0 Å². The molecule has 0 radical (unpaired) electrons. The minimum absolute atomic E-state index is 0.0812. The van der Waals surface area contributed by atoms with Gasteiger partial charge in [0.25, 0.3) is 17.7 Å². The van der Waals surface area contributed by atoms with E-state index in [2.05, 4.69) is 10.6 Å². The van der Waals surface area contributed by atoms with E-state index in [0.29, 0.717) is 52.9 Å². The first-order chi connectivity index (χ1) is 20.9. The lowest BCUT2D eigenvalue weighted by atomic mass is 10.1. The smallest absolute Gasteiger partial charge is 0.283 e. The van der Waals surface area contributed by atoms with Crippen molar-refractivity contribution in [2.45, 2.75) is 6.42 Å². The third-order valence-corrected chi connectivity index (χ3v) is 6.99. The van der Waals surface area contributed by atoms with Crippen LogP contribution in [0.3, 0.4) is 0 Å². The molecule has 0 atom stereocenters. The number of nitrogens with zero attached hydrogens (tertiary/aromatic N) is 1. The van der Waals surface area contributed by atoms with Crippen molar-refractivity contribution < 1.29 is 28.6 Å². The van der Waals surface area contributed by atoms with E-state index in [1.807, 2.05) is 48.5 Å². The number of para-hydroxylation sites is 1. The molecule has 4 aromatic rings. The number of methoxy groups -OCH3 is 2. The molecule has 1 aliphatic rings.